The monoisotopic (exact) mass is 442 g/mol. The highest BCUT2D eigenvalue weighted by molar-refractivity contribution is 5.94. The molecule has 8 nitrogen and oxygen atoms in total. The van der Waals surface area contributed by atoms with Crippen molar-refractivity contribution in [2.45, 2.75) is 12.5 Å². The first kappa shape index (κ1) is 20.7. The number of pyridine rings is 1. The van der Waals surface area contributed by atoms with Gasteiger partial charge in [-0.1, -0.05) is 23.4 Å². The van der Waals surface area contributed by atoms with E-state index in [4.69, 9.17) is 14.0 Å². The quantitative estimate of drug-likeness (QED) is 0.444. The molecule has 1 saturated heterocycles. The molecule has 1 amide bonds. The molecule has 166 valence electrons. The van der Waals surface area contributed by atoms with E-state index in [0.29, 0.717) is 36.2 Å². The molecule has 1 fully saturated rings. The van der Waals surface area contributed by atoms with Gasteiger partial charge in [0.1, 0.15) is 11.9 Å². The Hall–Kier alpha value is -4.20. The van der Waals surface area contributed by atoms with E-state index >= 15 is 0 Å². The summed E-state index contributed by atoms with van der Waals surface area (Å²) in [5, 5.41) is 4.08. The summed E-state index contributed by atoms with van der Waals surface area (Å²) < 4.78 is 16.5. The Balaban J connectivity index is 1.19. The molecular weight excluding hydrogens is 420 g/mol. The smallest absolute Gasteiger partial charge is 0.258 e. The van der Waals surface area contributed by atoms with Gasteiger partial charge in [0, 0.05) is 36.4 Å². The highest BCUT2D eigenvalue weighted by Crippen LogP contribution is 2.25. The van der Waals surface area contributed by atoms with E-state index in [2.05, 4.69) is 15.1 Å². The van der Waals surface area contributed by atoms with E-state index in [1.165, 1.54) is 6.20 Å². The summed E-state index contributed by atoms with van der Waals surface area (Å²) in [6, 6.07) is 20.6. The Morgan fingerprint density at radius 1 is 1.03 bits per heavy atom. The van der Waals surface area contributed by atoms with Crippen LogP contribution in [0.4, 0.5) is 0 Å². The maximum absolute atomic E-state index is 12.7. The second kappa shape index (κ2) is 9.12. The van der Waals surface area contributed by atoms with Crippen LogP contribution in [0.15, 0.2) is 77.4 Å². The van der Waals surface area contributed by atoms with Crippen LogP contribution in [0, 0.1) is 0 Å². The SMILES string of the molecule is COc1ccc(C(=O)N2CCC(Oc3ccc(-c4noc(-c5ccccc5)n4)cc3)C2)cn1. The van der Waals surface area contributed by atoms with Gasteiger partial charge in [-0.25, -0.2) is 4.98 Å². The summed E-state index contributed by atoms with van der Waals surface area (Å²) in [7, 11) is 1.54. The van der Waals surface area contributed by atoms with E-state index in [-0.39, 0.29) is 12.0 Å². The van der Waals surface area contributed by atoms with Crippen molar-refractivity contribution in [3.05, 3.63) is 78.5 Å². The zero-order chi connectivity index (χ0) is 22.6. The van der Waals surface area contributed by atoms with Gasteiger partial charge in [-0.05, 0) is 42.5 Å². The van der Waals surface area contributed by atoms with Crippen LogP contribution < -0.4 is 9.47 Å². The number of benzene rings is 2. The minimum atomic E-state index is -0.0686. The lowest BCUT2D eigenvalue weighted by Crippen LogP contribution is -2.31. The first-order chi connectivity index (χ1) is 16.2. The van der Waals surface area contributed by atoms with Gasteiger partial charge in [0.15, 0.2) is 0 Å². The van der Waals surface area contributed by atoms with E-state index < -0.39 is 0 Å². The third kappa shape index (κ3) is 4.55. The average Bonchev–Trinajstić information content (AvgIpc) is 3.55. The van der Waals surface area contributed by atoms with Crippen molar-refractivity contribution in [1.82, 2.24) is 20.0 Å². The molecule has 2 aromatic carbocycles. The van der Waals surface area contributed by atoms with Gasteiger partial charge in [0.05, 0.1) is 19.2 Å². The molecule has 1 aliphatic heterocycles. The Kier molecular flexibility index (Phi) is 5.72. The number of nitrogens with zero attached hydrogens (tertiary/aromatic N) is 4. The van der Waals surface area contributed by atoms with E-state index in [1.807, 2.05) is 54.6 Å². The van der Waals surface area contributed by atoms with Crippen molar-refractivity contribution in [2.75, 3.05) is 20.2 Å². The van der Waals surface area contributed by atoms with Crippen LogP contribution in [0.1, 0.15) is 16.8 Å². The lowest BCUT2D eigenvalue weighted by atomic mass is 10.2. The molecule has 0 spiro atoms. The fraction of sp³-hybridized carbons (Fsp3) is 0.200. The van der Waals surface area contributed by atoms with Gasteiger partial charge >= 0.3 is 0 Å². The molecule has 0 saturated carbocycles. The van der Waals surface area contributed by atoms with Gasteiger partial charge in [-0.2, -0.15) is 4.98 Å². The number of aromatic nitrogens is 3. The van der Waals surface area contributed by atoms with Gasteiger partial charge in [-0.3, -0.25) is 4.79 Å². The maximum Gasteiger partial charge on any atom is 0.258 e. The lowest BCUT2D eigenvalue weighted by molar-refractivity contribution is 0.0772. The van der Waals surface area contributed by atoms with Gasteiger partial charge in [0.25, 0.3) is 11.8 Å². The molecule has 1 aliphatic rings. The van der Waals surface area contributed by atoms with Crippen LogP contribution in [-0.4, -0.2) is 52.2 Å². The number of rotatable bonds is 6. The first-order valence-electron chi connectivity index (χ1n) is 10.6. The molecule has 33 heavy (non-hydrogen) atoms. The molecule has 2 aromatic heterocycles. The number of carbonyl (C=O) groups excluding carboxylic acids is 1. The molecule has 0 radical (unpaired) electrons. The van der Waals surface area contributed by atoms with Crippen LogP contribution >= 0.6 is 0 Å². The highest BCUT2D eigenvalue weighted by Gasteiger charge is 2.28. The Morgan fingerprint density at radius 2 is 1.85 bits per heavy atom. The van der Waals surface area contributed by atoms with Crippen molar-refractivity contribution < 1.29 is 18.8 Å². The zero-order valence-electron chi connectivity index (χ0n) is 18.0. The number of amides is 1. The van der Waals surface area contributed by atoms with Gasteiger partial charge < -0.3 is 18.9 Å². The fourth-order valence-corrected chi connectivity index (χ4v) is 3.73. The normalized spacial score (nSPS) is 15.4. The number of methoxy groups -OCH3 is 1. The molecule has 1 unspecified atom stereocenters. The molecule has 0 N–H and O–H groups in total. The molecule has 5 rings (SSSR count). The van der Waals surface area contributed by atoms with Crippen molar-refractivity contribution in [2.24, 2.45) is 0 Å². The minimum absolute atomic E-state index is 0.0575. The van der Waals surface area contributed by atoms with E-state index in [0.717, 1.165) is 23.3 Å². The maximum atomic E-state index is 12.7. The van der Waals surface area contributed by atoms with Crippen LogP contribution in [0.5, 0.6) is 11.6 Å². The number of hydrogen-bond donors (Lipinski definition) is 0. The van der Waals surface area contributed by atoms with Crippen molar-refractivity contribution in [3.63, 3.8) is 0 Å². The van der Waals surface area contributed by atoms with Crippen molar-refractivity contribution in [1.29, 1.82) is 0 Å². The average molecular weight is 442 g/mol. The zero-order valence-corrected chi connectivity index (χ0v) is 18.0. The predicted octanol–water partition coefficient (Wildman–Crippen LogP) is 4.10. The first-order valence-corrected chi connectivity index (χ1v) is 10.6. The molecule has 0 aliphatic carbocycles. The molecule has 8 heteroatoms. The van der Waals surface area contributed by atoms with Gasteiger partial charge in [-0.15, -0.1) is 0 Å². The van der Waals surface area contributed by atoms with Crippen molar-refractivity contribution in [3.8, 4) is 34.5 Å². The number of carbonyl (C=O) groups is 1. The van der Waals surface area contributed by atoms with Crippen LogP contribution in [0.2, 0.25) is 0 Å². The predicted molar refractivity (Wildman–Crippen MR) is 121 cm³/mol. The third-order valence-corrected chi connectivity index (χ3v) is 5.49. The number of hydrogen-bond acceptors (Lipinski definition) is 7. The number of ether oxygens (including phenoxy) is 2. The summed E-state index contributed by atoms with van der Waals surface area (Å²) in [6.45, 7) is 1.16. The molecule has 1 atom stereocenters. The number of likely N-dealkylation sites (tertiary alicyclic amines) is 1. The summed E-state index contributed by atoms with van der Waals surface area (Å²) in [4.78, 5) is 23.1. The molecule has 0 bridgehead atoms. The second-order valence-electron chi connectivity index (χ2n) is 7.68. The molecular formula is C25H22N4O4. The summed E-state index contributed by atoms with van der Waals surface area (Å²) in [5.41, 5.74) is 2.25. The second-order valence-corrected chi connectivity index (χ2v) is 7.68. The summed E-state index contributed by atoms with van der Waals surface area (Å²) in [5.74, 6) is 2.16. The summed E-state index contributed by atoms with van der Waals surface area (Å²) in [6.07, 6.45) is 2.23. The third-order valence-electron chi connectivity index (χ3n) is 5.49. The topological polar surface area (TPSA) is 90.6 Å². The molecule has 3 heterocycles. The van der Waals surface area contributed by atoms with Crippen LogP contribution in [0.3, 0.4) is 0 Å². The fourth-order valence-electron chi connectivity index (χ4n) is 3.73. The van der Waals surface area contributed by atoms with Crippen LogP contribution in [0.25, 0.3) is 22.8 Å². The summed E-state index contributed by atoms with van der Waals surface area (Å²) >= 11 is 0. The largest absolute Gasteiger partial charge is 0.489 e. The Morgan fingerprint density at radius 3 is 2.58 bits per heavy atom. The highest BCUT2D eigenvalue weighted by atomic mass is 16.5. The van der Waals surface area contributed by atoms with E-state index in [1.54, 1.807) is 24.1 Å². The van der Waals surface area contributed by atoms with E-state index in [9.17, 15) is 4.79 Å². The Labute approximate surface area is 190 Å². The lowest BCUT2D eigenvalue weighted by Gasteiger charge is -2.17. The molecule has 4 aromatic rings. The minimum Gasteiger partial charge on any atom is -0.489 e. The standard InChI is InChI=1S/C25H22N4O4/c1-31-22-12-9-19(15-26-22)25(30)29-14-13-21(16-29)32-20-10-7-17(8-11-20)23-27-24(33-28-23)18-5-3-2-4-6-18/h2-12,15,21H,13-14,16H2,1H3. The Bertz CT molecular complexity index is 1220. The van der Waals surface area contributed by atoms with Crippen LogP contribution in [-0.2, 0) is 0 Å². The van der Waals surface area contributed by atoms with Crippen molar-refractivity contribution >= 4 is 5.91 Å². The van der Waals surface area contributed by atoms with Gasteiger partial charge in [0.2, 0.25) is 11.7 Å².